The molecule has 0 radical (unpaired) electrons. The van der Waals surface area contributed by atoms with Crippen LogP contribution >= 0.6 is 23.2 Å². The van der Waals surface area contributed by atoms with Gasteiger partial charge in [0.2, 0.25) is 0 Å². The lowest BCUT2D eigenvalue weighted by Gasteiger charge is -2.07. The number of rotatable bonds is 5. The first-order valence-corrected chi connectivity index (χ1v) is 11.6. The summed E-state index contributed by atoms with van der Waals surface area (Å²) < 4.78 is 0. The Bertz CT molecular complexity index is 1740. The van der Waals surface area contributed by atoms with Gasteiger partial charge in [0, 0.05) is 46.1 Å². The Kier molecular flexibility index (Phi) is 5.48. The quantitative estimate of drug-likeness (QED) is 0.217. The van der Waals surface area contributed by atoms with Gasteiger partial charge in [-0.05, 0) is 36.4 Å². The standard InChI is InChI=1S/C25H16Cl2N8O/c26-17-11-28-12-18(27)23(17)34-25(36)21-8-13-1-2-14(9-20(13)32-21)24-29-6-5-22(33-24)31-16-3-4-19-15(7-16)10-30-35-19/h1-12,32H,(H,30,35)(H,28,34,36)(H,29,31,33). The molecule has 6 rings (SSSR count). The Morgan fingerprint density at radius 3 is 2.61 bits per heavy atom. The SMILES string of the molecule is O=C(Nc1c(Cl)cncc1Cl)c1cc2ccc(-c3nccc(Nc4ccc5[nH]ncc5c4)n3)cc2[nH]1. The van der Waals surface area contributed by atoms with Crippen LogP contribution in [-0.2, 0) is 0 Å². The molecule has 176 valence electrons. The number of hydrogen-bond acceptors (Lipinski definition) is 6. The molecular weight excluding hydrogens is 499 g/mol. The predicted octanol–water partition coefficient (Wildman–Crippen LogP) is 6.20. The summed E-state index contributed by atoms with van der Waals surface area (Å²) in [4.78, 5) is 28.9. The highest BCUT2D eigenvalue weighted by atomic mass is 35.5. The maximum absolute atomic E-state index is 12.8. The van der Waals surface area contributed by atoms with Crippen LogP contribution in [0.1, 0.15) is 10.5 Å². The zero-order valence-corrected chi connectivity index (χ0v) is 19.9. The highest BCUT2D eigenvalue weighted by Crippen LogP contribution is 2.30. The van der Waals surface area contributed by atoms with E-state index in [1.165, 1.54) is 12.4 Å². The van der Waals surface area contributed by atoms with Crippen molar-refractivity contribution in [2.24, 2.45) is 0 Å². The number of nitrogens with zero attached hydrogens (tertiary/aromatic N) is 4. The van der Waals surface area contributed by atoms with Gasteiger partial charge < -0.3 is 15.6 Å². The molecule has 0 spiro atoms. The first-order chi connectivity index (χ1) is 17.5. The molecule has 0 aliphatic heterocycles. The van der Waals surface area contributed by atoms with E-state index in [0.29, 0.717) is 23.0 Å². The maximum atomic E-state index is 12.8. The second-order valence-electron chi connectivity index (χ2n) is 7.98. The number of benzene rings is 2. The summed E-state index contributed by atoms with van der Waals surface area (Å²) in [5.74, 6) is 0.822. The van der Waals surface area contributed by atoms with E-state index >= 15 is 0 Å². The van der Waals surface area contributed by atoms with Gasteiger partial charge in [-0.25, -0.2) is 9.97 Å². The van der Waals surface area contributed by atoms with E-state index in [0.717, 1.165) is 33.1 Å². The molecule has 9 nitrogen and oxygen atoms in total. The van der Waals surface area contributed by atoms with E-state index in [2.05, 4.69) is 40.8 Å². The van der Waals surface area contributed by atoms with Crippen molar-refractivity contribution in [3.63, 3.8) is 0 Å². The van der Waals surface area contributed by atoms with Crippen LogP contribution < -0.4 is 10.6 Å². The van der Waals surface area contributed by atoms with E-state index in [-0.39, 0.29) is 16.0 Å². The van der Waals surface area contributed by atoms with Crippen molar-refractivity contribution in [1.29, 1.82) is 0 Å². The average Bonchev–Trinajstić information content (AvgIpc) is 3.52. The third-order valence-electron chi connectivity index (χ3n) is 5.59. The monoisotopic (exact) mass is 514 g/mol. The largest absolute Gasteiger partial charge is 0.350 e. The highest BCUT2D eigenvalue weighted by molar-refractivity contribution is 6.39. The van der Waals surface area contributed by atoms with Crippen LogP contribution in [0.2, 0.25) is 10.0 Å². The minimum Gasteiger partial charge on any atom is -0.350 e. The number of aromatic amines is 2. The zero-order chi connectivity index (χ0) is 24.6. The molecule has 6 aromatic rings. The summed E-state index contributed by atoms with van der Waals surface area (Å²) in [6, 6.07) is 15.2. The molecule has 0 aliphatic rings. The van der Waals surface area contributed by atoms with Gasteiger partial charge in [0.05, 0.1) is 27.4 Å². The van der Waals surface area contributed by atoms with Gasteiger partial charge in [-0.3, -0.25) is 14.9 Å². The summed E-state index contributed by atoms with van der Waals surface area (Å²) in [6.07, 6.45) is 6.30. The van der Waals surface area contributed by atoms with Crippen molar-refractivity contribution in [2.45, 2.75) is 0 Å². The Morgan fingerprint density at radius 1 is 0.889 bits per heavy atom. The molecule has 0 unspecified atom stereocenters. The fourth-order valence-corrected chi connectivity index (χ4v) is 4.29. The Hall–Kier alpha value is -4.47. The van der Waals surface area contributed by atoms with E-state index in [1.807, 2.05) is 36.4 Å². The van der Waals surface area contributed by atoms with Crippen LogP contribution in [-0.4, -0.2) is 36.0 Å². The van der Waals surface area contributed by atoms with Gasteiger partial charge in [-0.1, -0.05) is 35.3 Å². The molecule has 0 bridgehead atoms. The summed E-state index contributed by atoms with van der Waals surface area (Å²) >= 11 is 12.2. The number of carbonyl (C=O) groups excluding carboxylic acids is 1. The number of anilines is 3. The lowest BCUT2D eigenvalue weighted by Crippen LogP contribution is -2.13. The fourth-order valence-electron chi connectivity index (χ4n) is 3.84. The third kappa shape index (κ3) is 4.21. The second kappa shape index (κ2) is 8.95. The zero-order valence-electron chi connectivity index (χ0n) is 18.4. The lowest BCUT2D eigenvalue weighted by atomic mass is 10.1. The number of hydrogen-bond donors (Lipinski definition) is 4. The maximum Gasteiger partial charge on any atom is 0.272 e. The topological polar surface area (TPSA) is 124 Å². The number of nitrogens with one attached hydrogen (secondary N) is 4. The van der Waals surface area contributed by atoms with Crippen LogP contribution in [0.25, 0.3) is 33.2 Å². The highest BCUT2D eigenvalue weighted by Gasteiger charge is 2.15. The van der Waals surface area contributed by atoms with Gasteiger partial charge in [0.25, 0.3) is 5.91 Å². The summed E-state index contributed by atoms with van der Waals surface area (Å²) in [6.45, 7) is 0. The first-order valence-electron chi connectivity index (χ1n) is 10.8. The van der Waals surface area contributed by atoms with Crippen LogP contribution in [0, 0.1) is 0 Å². The molecule has 2 aromatic carbocycles. The Morgan fingerprint density at radius 2 is 1.75 bits per heavy atom. The average molecular weight is 515 g/mol. The normalized spacial score (nSPS) is 11.2. The van der Waals surface area contributed by atoms with Crippen LogP contribution in [0.3, 0.4) is 0 Å². The molecule has 4 aromatic heterocycles. The van der Waals surface area contributed by atoms with E-state index in [1.54, 1.807) is 24.5 Å². The Labute approximate surface area is 213 Å². The molecule has 0 fully saturated rings. The number of amides is 1. The number of H-pyrrole nitrogens is 2. The molecule has 0 atom stereocenters. The van der Waals surface area contributed by atoms with Crippen molar-refractivity contribution in [3.05, 3.63) is 89.1 Å². The number of carbonyl (C=O) groups is 1. The Balaban J connectivity index is 1.25. The summed E-state index contributed by atoms with van der Waals surface area (Å²) in [5, 5.41) is 15.4. The number of aromatic nitrogens is 6. The summed E-state index contributed by atoms with van der Waals surface area (Å²) in [7, 11) is 0. The van der Waals surface area contributed by atoms with Crippen LogP contribution in [0.4, 0.5) is 17.2 Å². The van der Waals surface area contributed by atoms with Crippen LogP contribution in [0.15, 0.2) is 73.3 Å². The molecule has 4 heterocycles. The molecule has 0 aliphatic carbocycles. The van der Waals surface area contributed by atoms with E-state index in [4.69, 9.17) is 23.2 Å². The fraction of sp³-hybridized carbons (Fsp3) is 0. The molecular formula is C25H16Cl2N8O. The van der Waals surface area contributed by atoms with Crippen molar-refractivity contribution >= 4 is 68.1 Å². The van der Waals surface area contributed by atoms with Crippen molar-refractivity contribution in [1.82, 2.24) is 30.1 Å². The molecule has 11 heteroatoms. The summed E-state index contributed by atoms with van der Waals surface area (Å²) in [5.41, 5.74) is 4.07. The van der Waals surface area contributed by atoms with Gasteiger partial charge in [0.15, 0.2) is 5.82 Å². The second-order valence-corrected chi connectivity index (χ2v) is 8.79. The number of halogens is 2. The molecule has 4 N–H and O–H groups in total. The molecule has 36 heavy (non-hydrogen) atoms. The molecule has 0 saturated heterocycles. The van der Waals surface area contributed by atoms with E-state index in [9.17, 15) is 4.79 Å². The third-order valence-corrected chi connectivity index (χ3v) is 6.16. The number of fused-ring (bicyclic) bond motifs is 2. The van der Waals surface area contributed by atoms with E-state index < -0.39 is 0 Å². The minimum absolute atomic E-state index is 0.254. The van der Waals surface area contributed by atoms with Gasteiger partial charge in [-0.2, -0.15) is 5.10 Å². The molecule has 1 amide bonds. The smallest absolute Gasteiger partial charge is 0.272 e. The van der Waals surface area contributed by atoms with Gasteiger partial charge >= 0.3 is 0 Å². The first kappa shape index (κ1) is 22.0. The van der Waals surface area contributed by atoms with Crippen molar-refractivity contribution in [2.75, 3.05) is 10.6 Å². The van der Waals surface area contributed by atoms with Gasteiger partial charge in [-0.15, -0.1) is 0 Å². The van der Waals surface area contributed by atoms with Crippen LogP contribution in [0.5, 0.6) is 0 Å². The lowest BCUT2D eigenvalue weighted by molar-refractivity contribution is 0.102. The minimum atomic E-state index is -0.375. The van der Waals surface area contributed by atoms with Gasteiger partial charge in [0.1, 0.15) is 11.5 Å². The predicted molar refractivity (Wildman–Crippen MR) is 141 cm³/mol. The van der Waals surface area contributed by atoms with Crippen molar-refractivity contribution < 1.29 is 4.79 Å². The molecule has 0 saturated carbocycles. The van der Waals surface area contributed by atoms with Crippen molar-refractivity contribution in [3.8, 4) is 11.4 Å². The number of pyridine rings is 1.